The summed E-state index contributed by atoms with van der Waals surface area (Å²) in [6.45, 7) is 5.94. The highest BCUT2D eigenvalue weighted by Crippen LogP contribution is 2.61. The highest BCUT2D eigenvalue weighted by molar-refractivity contribution is 5.92. The van der Waals surface area contributed by atoms with E-state index in [0.29, 0.717) is 5.57 Å². The second-order valence-electron chi connectivity index (χ2n) is 9.72. The molecule has 0 spiro atoms. The maximum absolute atomic E-state index is 13.0. The van der Waals surface area contributed by atoms with E-state index in [4.69, 9.17) is 14.2 Å². The summed E-state index contributed by atoms with van der Waals surface area (Å²) in [5.74, 6) is -1.76. The van der Waals surface area contributed by atoms with E-state index in [1.54, 1.807) is 6.08 Å². The van der Waals surface area contributed by atoms with Gasteiger partial charge < -0.3 is 14.2 Å². The predicted molar refractivity (Wildman–Crippen MR) is 115 cm³/mol. The summed E-state index contributed by atoms with van der Waals surface area (Å²) in [5.41, 5.74) is -0.311. The molecule has 2 fully saturated rings. The lowest BCUT2D eigenvalue weighted by molar-refractivity contribution is -0.384. The number of nitro groups is 1. The second-order valence-corrected chi connectivity index (χ2v) is 9.72. The number of esters is 3. The zero-order valence-corrected chi connectivity index (χ0v) is 18.9. The molecule has 2 aliphatic carbocycles. The van der Waals surface area contributed by atoms with Gasteiger partial charge in [-0.3, -0.25) is 14.9 Å². The highest BCUT2D eigenvalue weighted by atomic mass is 16.6. The molecule has 0 aromatic heterocycles. The number of hydrogen-bond acceptors (Lipinski definition) is 8. The van der Waals surface area contributed by atoms with E-state index < -0.39 is 33.8 Å². The molecule has 0 radical (unpaired) electrons. The van der Waals surface area contributed by atoms with Gasteiger partial charge in [0.1, 0.15) is 6.10 Å². The molecule has 33 heavy (non-hydrogen) atoms. The summed E-state index contributed by atoms with van der Waals surface area (Å²) in [6.07, 6.45) is 3.42. The van der Waals surface area contributed by atoms with Crippen molar-refractivity contribution in [1.29, 1.82) is 0 Å². The Hall–Kier alpha value is -3.23. The van der Waals surface area contributed by atoms with E-state index in [1.165, 1.54) is 31.2 Å². The van der Waals surface area contributed by atoms with Crippen LogP contribution in [-0.2, 0) is 23.8 Å². The monoisotopic (exact) mass is 457 g/mol. The van der Waals surface area contributed by atoms with E-state index in [2.05, 4.69) is 6.92 Å². The van der Waals surface area contributed by atoms with Crippen LogP contribution >= 0.6 is 0 Å². The Morgan fingerprint density at radius 1 is 1.21 bits per heavy atom. The van der Waals surface area contributed by atoms with Crippen LogP contribution in [0.5, 0.6) is 0 Å². The molecule has 1 aliphatic heterocycles. The van der Waals surface area contributed by atoms with Crippen molar-refractivity contribution in [2.75, 3.05) is 13.2 Å². The fourth-order valence-electron chi connectivity index (χ4n) is 6.06. The molecule has 3 aliphatic rings. The van der Waals surface area contributed by atoms with Gasteiger partial charge in [0, 0.05) is 41.9 Å². The Morgan fingerprint density at radius 2 is 1.91 bits per heavy atom. The van der Waals surface area contributed by atoms with Gasteiger partial charge in [0.05, 0.1) is 23.7 Å². The molecule has 0 amide bonds. The van der Waals surface area contributed by atoms with Gasteiger partial charge in [0.25, 0.3) is 5.69 Å². The van der Waals surface area contributed by atoms with Crippen LogP contribution in [0.15, 0.2) is 35.9 Å². The minimum Gasteiger partial charge on any atom is -0.465 e. The van der Waals surface area contributed by atoms with Gasteiger partial charge in [0.2, 0.25) is 0 Å². The smallest absolute Gasteiger partial charge is 0.338 e. The van der Waals surface area contributed by atoms with Gasteiger partial charge in [-0.05, 0) is 36.5 Å². The molecule has 1 saturated carbocycles. The Bertz CT molecular complexity index is 1030. The van der Waals surface area contributed by atoms with Crippen molar-refractivity contribution in [3.8, 4) is 0 Å². The van der Waals surface area contributed by atoms with Crippen molar-refractivity contribution < 1.29 is 33.5 Å². The third kappa shape index (κ3) is 4.00. The van der Waals surface area contributed by atoms with Gasteiger partial charge in [-0.2, -0.15) is 0 Å². The number of rotatable bonds is 5. The van der Waals surface area contributed by atoms with Gasteiger partial charge in [-0.15, -0.1) is 0 Å². The van der Waals surface area contributed by atoms with Crippen molar-refractivity contribution in [3.05, 3.63) is 51.6 Å². The molecule has 9 heteroatoms. The first-order chi connectivity index (χ1) is 15.5. The van der Waals surface area contributed by atoms with Gasteiger partial charge in [-0.25, -0.2) is 9.59 Å². The molecule has 176 valence electrons. The maximum Gasteiger partial charge on any atom is 0.338 e. The number of nitro benzene ring substituents is 1. The van der Waals surface area contributed by atoms with E-state index in [1.807, 2.05) is 6.92 Å². The number of carbonyl (C=O) groups excluding carboxylic acids is 3. The van der Waals surface area contributed by atoms with Crippen molar-refractivity contribution in [2.24, 2.45) is 22.7 Å². The largest absolute Gasteiger partial charge is 0.465 e. The van der Waals surface area contributed by atoms with Crippen LogP contribution < -0.4 is 0 Å². The molecule has 9 nitrogen and oxygen atoms in total. The normalized spacial score (nSPS) is 32.6. The molecular weight excluding hydrogens is 430 g/mol. The van der Waals surface area contributed by atoms with Gasteiger partial charge >= 0.3 is 17.9 Å². The number of cyclic esters (lactones) is 1. The predicted octanol–water partition coefficient (Wildman–Crippen LogP) is 3.61. The first-order valence-electron chi connectivity index (χ1n) is 11.0. The van der Waals surface area contributed by atoms with Gasteiger partial charge in [0.15, 0.2) is 0 Å². The number of ether oxygens (including phenoxy) is 3. The lowest BCUT2D eigenvalue weighted by Crippen LogP contribution is -2.57. The first kappa shape index (κ1) is 22.9. The Labute approximate surface area is 191 Å². The molecule has 1 aromatic rings. The van der Waals surface area contributed by atoms with Crippen LogP contribution in [0.1, 0.15) is 50.4 Å². The zero-order valence-electron chi connectivity index (χ0n) is 18.9. The molecular formula is C24H27NO8. The van der Waals surface area contributed by atoms with Crippen LogP contribution in [0.4, 0.5) is 5.69 Å². The van der Waals surface area contributed by atoms with Crippen LogP contribution in [0.25, 0.3) is 0 Å². The Morgan fingerprint density at radius 3 is 2.55 bits per heavy atom. The minimum atomic E-state index is -0.740. The molecule has 0 N–H and O–H groups in total. The molecule has 1 saturated heterocycles. The summed E-state index contributed by atoms with van der Waals surface area (Å²) in [6, 6.07) is 5.19. The fraction of sp³-hybridized carbons (Fsp3) is 0.542. The lowest BCUT2D eigenvalue weighted by Gasteiger charge is -2.57. The molecule has 1 heterocycles. The molecule has 1 aromatic carbocycles. The van der Waals surface area contributed by atoms with E-state index in [-0.39, 0.29) is 42.3 Å². The number of benzene rings is 1. The minimum absolute atomic E-state index is 0.124. The number of fused-ring (bicyclic) bond motifs is 3. The van der Waals surface area contributed by atoms with Crippen molar-refractivity contribution in [3.63, 3.8) is 0 Å². The summed E-state index contributed by atoms with van der Waals surface area (Å²) in [5, 5.41) is 10.9. The highest BCUT2D eigenvalue weighted by Gasteiger charge is 2.61. The van der Waals surface area contributed by atoms with Crippen LogP contribution in [0.2, 0.25) is 0 Å². The van der Waals surface area contributed by atoms with E-state index >= 15 is 0 Å². The maximum atomic E-state index is 13.0. The average Bonchev–Trinajstić information content (AvgIpc) is 3.14. The van der Waals surface area contributed by atoms with Crippen LogP contribution in [-0.4, -0.2) is 42.1 Å². The standard InChI is InChI=1S/C24H27NO8/c1-14(26)32-13-23(2)9-4-10-24(3)18-12-31-22(28)17(18)11-19(20(23)24)33-21(27)15-5-7-16(8-6-15)25(29)30/h5-8,11,18-20H,4,9-10,12-13H2,1-3H3/t18-,19+,20-,23+,24+/m0/s1. The third-order valence-corrected chi connectivity index (χ3v) is 7.55. The van der Waals surface area contributed by atoms with E-state index in [9.17, 15) is 24.5 Å². The molecule has 0 bridgehead atoms. The number of nitrogens with zero attached hydrogens (tertiary/aromatic N) is 1. The Balaban J connectivity index is 1.70. The van der Waals surface area contributed by atoms with Crippen molar-refractivity contribution in [2.45, 2.75) is 46.1 Å². The molecule has 0 unspecified atom stereocenters. The molecule has 4 rings (SSSR count). The van der Waals surface area contributed by atoms with Gasteiger partial charge in [-0.1, -0.05) is 20.3 Å². The number of carbonyl (C=O) groups is 3. The Kier molecular flexibility index (Phi) is 5.76. The van der Waals surface area contributed by atoms with Crippen molar-refractivity contribution in [1.82, 2.24) is 0 Å². The van der Waals surface area contributed by atoms with Crippen molar-refractivity contribution >= 4 is 23.6 Å². The summed E-state index contributed by atoms with van der Waals surface area (Å²) in [4.78, 5) is 47.4. The quantitative estimate of drug-likeness (QED) is 0.284. The SMILES string of the molecule is CC(=O)OC[C@@]1(C)CCC[C@]2(C)[C@H]3COC(=O)C3=C[C@@H](OC(=O)c3ccc([N+](=O)[O-])cc3)[C@@H]12. The van der Waals surface area contributed by atoms with Crippen LogP contribution in [0.3, 0.4) is 0 Å². The fourth-order valence-corrected chi connectivity index (χ4v) is 6.06. The summed E-state index contributed by atoms with van der Waals surface area (Å²) < 4.78 is 16.7. The van der Waals surface area contributed by atoms with Crippen LogP contribution in [0, 0.1) is 32.8 Å². The third-order valence-electron chi connectivity index (χ3n) is 7.55. The number of non-ortho nitro benzene ring substituents is 1. The number of hydrogen-bond donors (Lipinski definition) is 0. The lowest BCUT2D eigenvalue weighted by atomic mass is 9.48. The summed E-state index contributed by atoms with van der Waals surface area (Å²) >= 11 is 0. The topological polar surface area (TPSA) is 122 Å². The zero-order chi connectivity index (χ0) is 24.0. The first-order valence-corrected chi connectivity index (χ1v) is 11.0. The van der Waals surface area contributed by atoms with E-state index in [0.717, 1.165) is 19.3 Å². The average molecular weight is 457 g/mol. The molecule has 5 atom stereocenters. The second kappa shape index (κ2) is 8.28. The summed E-state index contributed by atoms with van der Waals surface area (Å²) in [7, 11) is 0.